The number of nitrogens with zero attached hydrogens (tertiary/aromatic N) is 1. The molecule has 0 bridgehead atoms. The Morgan fingerprint density at radius 3 is 2.56 bits per heavy atom. The summed E-state index contributed by atoms with van der Waals surface area (Å²) in [5, 5.41) is 8.74. The molecule has 0 fully saturated rings. The molecule has 0 saturated heterocycles. The van der Waals surface area contributed by atoms with Crippen LogP contribution in [0.2, 0.25) is 0 Å². The largest absolute Gasteiger partial charge is 0.480 e. The van der Waals surface area contributed by atoms with E-state index >= 15 is 0 Å². The molecule has 1 amide bonds. The SMILES string of the molecule is CCCN(CC(=O)O)C(=O)c1ccc(C)[nH]c1=O. The first-order valence-corrected chi connectivity index (χ1v) is 5.66. The highest BCUT2D eigenvalue weighted by Crippen LogP contribution is 2.02. The van der Waals surface area contributed by atoms with Gasteiger partial charge in [0.1, 0.15) is 12.1 Å². The first-order valence-electron chi connectivity index (χ1n) is 5.66. The molecular formula is C12H16N2O4. The number of aryl methyl sites for hydroxylation is 1. The quantitative estimate of drug-likeness (QED) is 0.803. The van der Waals surface area contributed by atoms with Crippen molar-refractivity contribution in [2.45, 2.75) is 20.3 Å². The zero-order valence-electron chi connectivity index (χ0n) is 10.4. The number of aromatic amines is 1. The van der Waals surface area contributed by atoms with Gasteiger partial charge in [-0.3, -0.25) is 14.4 Å². The van der Waals surface area contributed by atoms with Gasteiger partial charge in [-0.05, 0) is 25.5 Å². The van der Waals surface area contributed by atoms with E-state index in [2.05, 4.69) is 4.98 Å². The molecule has 98 valence electrons. The molecule has 18 heavy (non-hydrogen) atoms. The van der Waals surface area contributed by atoms with Crippen LogP contribution in [0.15, 0.2) is 16.9 Å². The Morgan fingerprint density at radius 1 is 1.39 bits per heavy atom. The summed E-state index contributed by atoms with van der Waals surface area (Å²) in [5.41, 5.74) is 0.124. The van der Waals surface area contributed by atoms with Crippen LogP contribution in [0, 0.1) is 6.92 Å². The number of pyridine rings is 1. The Balaban J connectivity index is 3.01. The van der Waals surface area contributed by atoms with Gasteiger partial charge < -0.3 is 15.0 Å². The molecule has 2 N–H and O–H groups in total. The monoisotopic (exact) mass is 252 g/mol. The predicted molar refractivity (Wildman–Crippen MR) is 65.6 cm³/mol. The van der Waals surface area contributed by atoms with Crippen molar-refractivity contribution in [3.05, 3.63) is 33.7 Å². The van der Waals surface area contributed by atoms with Crippen LogP contribution in [0.4, 0.5) is 0 Å². The number of carboxylic acid groups (broad SMARTS) is 1. The minimum absolute atomic E-state index is 0.0321. The molecule has 6 heteroatoms. The van der Waals surface area contributed by atoms with E-state index < -0.39 is 24.0 Å². The van der Waals surface area contributed by atoms with Gasteiger partial charge in [0.15, 0.2) is 0 Å². The lowest BCUT2D eigenvalue weighted by Gasteiger charge is -2.19. The molecule has 0 aromatic carbocycles. The summed E-state index contributed by atoms with van der Waals surface area (Å²) in [7, 11) is 0. The van der Waals surface area contributed by atoms with Gasteiger partial charge in [-0.2, -0.15) is 0 Å². The third-order valence-corrected chi connectivity index (χ3v) is 2.39. The summed E-state index contributed by atoms with van der Waals surface area (Å²) in [6, 6.07) is 3.03. The molecule has 0 aliphatic rings. The third kappa shape index (κ3) is 3.44. The van der Waals surface area contributed by atoms with E-state index in [1.54, 1.807) is 13.0 Å². The van der Waals surface area contributed by atoms with Crippen molar-refractivity contribution in [2.75, 3.05) is 13.1 Å². The number of amides is 1. The molecule has 0 atom stereocenters. The highest BCUT2D eigenvalue weighted by molar-refractivity contribution is 5.95. The number of carbonyl (C=O) groups is 2. The molecule has 1 heterocycles. The maximum atomic E-state index is 12.0. The van der Waals surface area contributed by atoms with Gasteiger partial charge >= 0.3 is 5.97 Å². The number of carbonyl (C=O) groups excluding carboxylic acids is 1. The minimum Gasteiger partial charge on any atom is -0.480 e. The molecule has 0 aliphatic carbocycles. The Morgan fingerprint density at radius 2 is 2.06 bits per heavy atom. The molecule has 1 aromatic heterocycles. The standard InChI is InChI=1S/C12H16N2O4/c1-3-6-14(7-10(15)16)12(18)9-5-4-8(2)13-11(9)17/h4-5H,3,6-7H2,1-2H3,(H,13,17)(H,15,16). The highest BCUT2D eigenvalue weighted by atomic mass is 16.4. The number of rotatable bonds is 5. The van der Waals surface area contributed by atoms with Crippen LogP contribution >= 0.6 is 0 Å². The number of hydrogen-bond acceptors (Lipinski definition) is 3. The lowest BCUT2D eigenvalue weighted by molar-refractivity contribution is -0.137. The number of carboxylic acids is 1. The second-order valence-electron chi connectivity index (χ2n) is 4.00. The van der Waals surface area contributed by atoms with Crippen LogP contribution in [0.5, 0.6) is 0 Å². The molecule has 0 spiro atoms. The van der Waals surface area contributed by atoms with Gasteiger partial charge in [-0.15, -0.1) is 0 Å². The van der Waals surface area contributed by atoms with Gasteiger partial charge in [0.05, 0.1) is 0 Å². The lowest BCUT2D eigenvalue weighted by atomic mass is 10.2. The van der Waals surface area contributed by atoms with Crippen LogP contribution in [-0.4, -0.2) is 40.0 Å². The van der Waals surface area contributed by atoms with Crippen molar-refractivity contribution in [3.63, 3.8) is 0 Å². The van der Waals surface area contributed by atoms with Crippen molar-refractivity contribution >= 4 is 11.9 Å². The zero-order valence-corrected chi connectivity index (χ0v) is 10.4. The number of aliphatic carboxylic acids is 1. The number of hydrogen-bond donors (Lipinski definition) is 2. The van der Waals surface area contributed by atoms with Crippen LogP contribution < -0.4 is 5.56 Å². The third-order valence-electron chi connectivity index (χ3n) is 2.39. The van der Waals surface area contributed by atoms with Crippen molar-refractivity contribution in [1.29, 1.82) is 0 Å². The molecule has 0 radical (unpaired) electrons. The molecule has 0 aliphatic heterocycles. The normalized spacial score (nSPS) is 10.1. The van der Waals surface area contributed by atoms with Crippen LogP contribution in [-0.2, 0) is 4.79 Å². The van der Waals surface area contributed by atoms with Crippen molar-refractivity contribution in [3.8, 4) is 0 Å². The van der Waals surface area contributed by atoms with Gasteiger partial charge in [0, 0.05) is 12.2 Å². The summed E-state index contributed by atoms with van der Waals surface area (Å²) in [6.07, 6.45) is 0.628. The Kier molecular flexibility index (Phi) is 4.65. The average molecular weight is 252 g/mol. The first-order chi connectivity index (χ1) is 8.45. The van der Waals surface area contributed by atoms with Crippen LogP contribution in [0.25, 0.3) is 0 Å². The van der Waals surface area contributed by atoms with E-state index in [4.69, 9.17) is 5.11 Å². The number of aromatic nitrogens is 1. The summed E-state index contributed by atoms with van der Waals surface area (Å²) in [6.45, 7) is 3.44. The topological polar surface area (TPSA) is 90.5 Å². The smallest absolute Gasteiger partial charge is 0.323 e. The molecule has 0 unspecified atom stereocenters. The van der Waals surface area contributed by atoms with Crippen molar-refractivity contribution in [1.82, 2.24) is 9.88 Å². The zero-order chi connectivity index (χ0) is 13.7. The number of H-pyrrole nitrogens is 1. The van der Waals surface area contributed by atoms with Crippen molar-refractivity contribution < 1.29 is 14.7 Å². The van der Waals surface area contributed by atoms with E-state index in [1.807, 2.05) is 6.92 Å². The van der Waals surface area contributed by atoms with Crippen LogP contribution in [0.1, 0.15) is 29.4 Å². The van der Waals surface area contributed by atoms with E-state index in [0.717, 1.165) is 4.90 Å². The summed E-state index contributed by atoms with van der Waals surface area (Å²) in [4.78, 5) is 38.0. The first kappa shape index (κ1) is 14.0. The average Bonchev–Trinajstić information content (AvgIpc) is 2.27. The van der Waals surface area contributed by atoms with E-state index in [9.17, 15) is 14.4 Å². The van der Waals surface area contributed by atoms with E-state index in [1.165, 1.54) is 6.07 Å². The maximum Gasteiger partial charge on any atom is 0.323 e. The molecule has 1 aromatic rings. The second kappa shape index (κ2) is 6.00. The van der Waals surface area contributed by atoms with Gasteiger partial charge in [-0.25, -0.2) is 0 Å². The fourth-order valence-electron chi connectivity index (χ4n) is 1.60. The summed E-state index contributed by atoms with van der Waals surface area (Å²) in [5.74, 6) is -1.65. The summed E-state index contributed by atoms with van der Waals surface area (Å²) < 4.78 is 0. The van der Waals surface area contributed by atoms with Gasteiger partial charge in [0.25, 0.3) is 11.5 Å². The highest BCUT2D eigenvalue weighted by Gasteiger charge is 2.20. The fourth-order valence-corrected chi connectivity index (χ4v) is 1.60. The Hall–Kier alpha value is -2.11. The molecular weight excluding hydrogens is 236 g/mol. The lowest BCUT2D eigenvalue weighted by Crippen LogP contribution is -2.38. The van der Waals surface area contributed by atoms with Gasteiger partial charge in [0.2, 0.25) is 0 Å². The van der Waals surface area contributed by atoms with Gasteiger partial charge in [-0.1, -0.05) is 6.92 Å². The Labute approximate surface area is 104 Å². The predicted octanol–water partition coefficient (Wildman–Crippen LogP) is 0.620. The maximum absolute atomic E-state index is 12.0. The molecule has 6 nitrogen and oxygen atoms in total. The van der Waals surface area contributed by atoms with Crippen molar-refractivity contribution in [2.24, 2.45) is 0 Å². The fraction of sp³-hybridized carbons (Fsp3) is 0.417. The molecule has 1 rings (SSSR count). The summed E-state index contributed by atoms with van der Waals surface area (Å²) >= 11 is 0. The van der Waals surface area contributed by atoms with E-state index in [-0.39, 0.29) is 5.56 Å². The Bertz CT molecular complexity index is 507. The number of nitrogens with one attached hydrogen (secondary N) is 1. The van der Waals surface area contributed by atoms with E-state index in [0.29, 0.717) is 18.7 Å². The van der Waals surface area contributed by atoms with Crippen LogP contribution in [0.3, 0.4) is 0 Å². The molecule has 0 saturated carbocycles. The minimum atomic E-state index is -1.10. The second-order valence-corrected chi connectivity index (χ2v) is 4.00.